The SMILES string of the molecule is CCOc1ccc(CCC(=O)Nc2ccc(Br)c(C)c2)cc1OCC. The van der Waals surface area contributed by atoms with E-state index in [4.69, 9.17) is 9.47 Å². The summed E-state index contributed by atoms with van der Waals surface area (Å²) in [5, 5.41) is 2.94. The molecule has 1 amide bonds. The van der Waals surface area contributed by atoms with Crippen LogP contribution in [0.25, 0.3) is 0 Å². The molecule has 0 aliphatic heterocycles. The van der Waals surface area contributed by atoms with Gasteiger partial charge in [-0.05, 0) is 68.7 Å². The van der Waals surface area contributed by atoms with Crippen molar-refractivity contribution in [3.05, 3.63) is 52.0 Å². The Bertz CT molecular complexity index is 731. The lowest BCUT2D eigenvalue weighted by Gasteiger charge is -2.12. The number of ether oxygens (including phenoxy) is 2. The fourth-order valence-corrected chi connectivity index (χ4v) is 2.70. The molecule has 2 aromatic carbocycles. The van der Waals surface area contributed by atoms with Crippen molar-refractivity contribution >= 4 is 27.5 Å². The Morgan fingerprint density at radius 2 is 1.76 bits per heavy atom. The predicted octanol–water partition coefficient (Wildman–Crippen LogP) is 5.13. The molecule has 0 radical (unpaired) electrons. The zero-order valence-corrected chi connectivity index (χ0v) is 16.5. The van der Waals surface area contributed by atoms with E-state index in [1.807, 2.05) is 57.2 Å². The molecule has 0 atom stereocenters. The highest BCUT2D eigenvalue weighted by Crippen LogP contribution is 2.29. The van der Waals surface area contributed by atoms with Gasteiger partial charge in [0.1, 0.15) is 0 Å². The van der Waals surface area contributed by atoms with Crippen molar-refractivity contribution in [3.63, 3.8) is 0 Å². The number of carbonyl (C=O) groups is 1. The van der Waals surface area contributed by atoms with E-state index in [0.717, 1.165) is 32.8 Å². The summed E-state index contributed by atoms with van der Waals surface area (Å²) in [5.74, 6) is 1.46. The van der Waals surface area contributed by atoms with Gasteiger partial charge in [-0.3, -0.25) is 4.79 Å². The minimum Gasteiger partial charge on any atom is -0.490 e. The number of nitrogens with one attached hydrogen (secondary N) is 1. The second-order valence-electron chi connectivity index (χ2n) is 5.66. The number of halogens is 1. The second kappa shape index (κ2) is 9.47. The smallest absolute Gasteiger partial charge is 0.224 e. The summed E-state index contributed by atoms with van der Waals surface area (Å²) in [7, 11) is 0. The summed E-state index contributed by atoms with van der Waals surface area (Å²) in [6, 6.07) is 11.6. The van der Waals surface area contributed by atoms with Gasteiger partial charge in [-0.2, -0.15) is 0 Å². The van der Waals surface area contributed by atoms with Crippen LogP contribution in [0.1, 0.15) is 31.4 Å². The van der Waals surface area contributed by atoms with Crippen molar-refractivity contribution in [2.75, 3.05) is 18.5 Å². The third kappa shape index (κ3) is 5.78. The molecule has 0 unspecified atom stereocenters. The number of carbonyl (C=O) groups excluding carboxylic acids is 1. The molecule has 0 spiro atoms. The maximum Gasteiger partial charge on any atom is 0.224 e. The van der Waals surface area contributed by atoms with Gasteiger partial charge in [0.25, 0.3) is 0 Å². The van der Waals surface area contributed by atoms with Crippen LogP contribution < -0.4 is 14.8 Å². The molecular weight excluding hydrogens is 382 g/mol. The van der Waals surface area contributed by atoms with E-state index >= 15 is 0 Å². The minimum absolute atomic E-state index is 0.00596. The van der Waals surface area contributed by atoms with Crippen molar-refractivity contribution in [3.8, 4) is 11.5 Å². The first kappa shape index (κ1) is 19.3. The normalized spacial score (nSPS) is 10.4. The number of hydrogen-bond donors (Lipinski definition) is 1. The van der Waals surface area contributed by atoms with Crippen molar-refractivity contribution in [2.24, 2.45) is 0 Å². The van der Waals surface area contributed by atoms with Crippen molar-refractivity contribution in [1.82, 2.24) is 0 Å². The second-order valence-corrected chi connectivity index (χ2v) is 6.51. The maximum atomic E-state index is 12.2. The predicted molar refractivity (Wildman–Crippen MR) is 105 cm³/mol. The molecule has 0 aliphatic rings. The molecule has 5 heteroatoms. The topological polar surface area (TPSA) is 47.6 Å². The zero-order valence-electron chi connectivity index (χ0n) is 14.9. The zero-order chi connectivity index (χ0) is 18.2. The molecule has 0 heterocycles. The standard InChI is InChI=1S/C20H24BrNO3/c1-4-24-18-10-6-15(13-19(18)25-5-2)7-11-20(23)22-16-8-9-17(21)14(3)12-16/h6,8-10,12-13H,4-5,7,11H2,1-3H3,(H,22,23). The van der Waals surface area contributed by atoms with Gasteiger partial charge in [-0.25, -0.2) is 0 Å². The highest BCUT2D eigenvalue weighted by molar-refractivity contribution is 9.10. The third-order valence-corrected chi connectivity index (χ3v) is 4.58. The van der Waals surface area contributed by atoms with E-state index < -0.39 is 0 Å². The van der Waals surface area contributed by atoms with Gasteiger partial charge in [-0.1, -0.05) is 22.0 Å². The Labute approximate surface area is 157 Å². The Balaban J connectivity index is 1.96. The minimum atomic E-state index is -0.00596. The lowest BCUT2D eigenvalue weighted by atomic mass is 10.1. The van der Waals surface area contributed by atoms with Crippen LogP contribution in [-0.4, -0.2) is 19.1 Å². The van der Waals surface area contributed by atoms with Crippen LogP contribution in [0.15, 0.2) is 40.9 Å². The summed E-state index contributed by atoms with van der Waals surface area (Å²) < 4.78 is 12.2. The summed E-state index contributed by atoms with van der Waals surface area (Å²) in [5.41, 5.74) is 2.95. The van der Waals surface area contributed by atoms with Crippen LogP contribution in [0.2, 0.25) is 0 Å². The summed E-state index contributed by atoms with van der Waals surface area (Å²) in [6.07, 6.45) is 1.06. The monoisotopic (exact) mass is 405 g/mol. The largest absolute Gasteiger partial charge is 0.490 e. The molecule has 0 fully saturated rings. The molecule has 134 valence electrons. The Hall–Kier alpha value is -2.01. The van der Waals surface area contributed by atoms with Gasteiger partial charge in [0.15, 0.2) is 11.5 Å². The fourth-order valence-electron chi connectivity index (χ4n) is 2.45. The first-order valence-electron chi connectivity index (χ1n) is 8.48. The Kier molecular flexibility index (Phi) is 7.31. The van der Waals surface area contributed by atoms with Gasteiger partial charge in [0.05, 0.1) is 13.2 Å². The molecule has 2 aromatic rings. The Morgan fingerprint density at radius 3 is 2.44 bits per heavy atom. The van der Waals surface area contributed by atoms with Crippen LogP contribution >= 0.6 is 15.9 Å². The van der Waals surface area contributed by atoms with E-state index in [9.17, 15) is 4.79 Å². The first-order chi connectivity index (χ1) is 12.0. The molecule has 0 aliphatic carbocycles. The molecule has 0 saturated heterocycles. The van der Waals surface area contributed by atoms with Crippen molar-refractivity contribution in [2.45, 2.75) is 33.6 Å². The number of amides is 1. The highest BCUT2D eigenvalue weighted by atomic mass is 79.9. The molecular formula is C20H24BrNO3. The summed E-state index contributed by atoms with van der Waals surface area (Å²) in [6.45, 7) is 7.05. The number of aryl methyl sites for hydroxylation is 2. The van der Waals surface area contributed by atoms with E-state index in [0.29, 0.717) is 26.1 Å². The third-order valence-electron chi connectivity index (χ3n) is 3.69. The van der Waals surface area contributed by atoms with E-state index in [2.05, 4.69) is 21.2 Å². The van der Waals surface area contributed by atoms with Crippen LogP contribution in [0.5, 0.6) is 11.5 Å². The lowest BCUT2D eigenvalue weighted by Crippen LogP contribution is -2.12. The molecule has 0 saturated carbocycles. The van der Waals surface area contributed by atoms with Gasteiger partial charge in [0.2, 0.25) is 5.91 Å². The molecule has 4 nitrogen and oxygen atoms in total. The van der Waals surface area contributed by atoms with Gasteiger partial charge in [0, 0.05) is 16.6 Å². The van der Waals surface area contributed by atoms with Crippen LogP contribution in [0.3, 0.4) is 0 Å². The number of rotatable bonds is 8. The first-order valence-corrected chi connectivity index (χ1v) is 9.27. The maximum absolute atomic E-state index is 12.2. The lowest BCUT2D eigenvalue weighted by molar-refractivity contribution is -0.116. The molecule has 2 rings (SSSR count). The van der Waals surface area contributed by atoms with Crippen LogP contribution in [-0.2, 0) is 11.2 Å². The fraction of sp³-hybridized carbons (Fsp3) is 0.350. The number of hydrogen-bond acceptors (Lipinski definition) is 3. The molecule has 1 N–H and O–H groups in total. The summed E-state index contributed by atoms with van der Waals surface area (Å²) >= 11 is 3.46. The number of anilines is 1. The average Bonchev–Trinajstić information content (AvgIpc) is 2.59. The molecule has 0 aromatic heterocycles. The molecule has 0 bridgehead atoms. The van der Waals surface area contributed by atoms with E-state index in [1.165, 1.54) is 0 Å². The average molecular weight is 406 g/mol. The van der Waals surface area contributed by atoms with Gasteiger partial charge < -0.3 is 14.8 Å². The molecule has 25 heavy (non-hydrogen) atoms. The quantitative estimate of drug-likeness (QED) is 0.662. The van der Waals surface area contributed by atoms with Crippen LogP contribution in [0, 0.1) is 6.92 Å². The van der Waals surface area contributed by atoms with Crippen LogP contribution in [0.4, 0.5) is 5.69 Å². The van der Waals surface area contributed by atoms with Crippen molar-refractivity contribution in [1.29, 1.82) is 0 Å². The van der Waals surface area contributed by atoms with E-state index in [1.54, 1.807) is 0 Å². The van der Waals surface area contributed by atoms with Crippen molar-refractivity contribution < 1.29 is 14.3 Å². The van der Waals surface area contributed by atoms with E-state index in [-0.39, 0.29) is 5.91 Å². The van der Waals surface area contributed by atoms with Gasteiger partial charge >= 0.3 is 0 Å². The highest BCUT2D eigenvalue weighted by Gasteiger charge is 2.09. The Morgan fingerprint density at radius 1 is 1.04 bits per heavy atom. The number of benzene rings is 2. The summed E-state index contributed by atoms with van der Waals surface area (Å²) in [4.78, 5) is 12.2. The van der Waals surface area contributed by atoms with Gasteiger partial charge in [-0.15, -0.1) is 0 Å².